The zero-order valence-electron chi connectivity index (χ0n) is 16.9. The summed E-state index contributed by atoms with van der Waals surface area (Å²) in [5.41, 5.74) is 1.87. The number of rotatable bonds is 4. The van der Waals surface area contributed by atoms with E-state index >= 15 is 0 Å². The van der Waals surface area contributed by atoms with Gasteiger partial charge in [0.25, 0.3) is 5.91 Å². The van der Waals surface area contributed by atoms with Gasteiger partial charge in [-0.05, 0) is 81.5 Å². The Morgan fingerprint density at radius 3 is 2.21 bits per heavy atom. The highest BCUT2D eigenvalue weighted by Crippen LogP contribution is 2.34. The molecule has 5 rings (SSSR count). The number of piperidine rings is 1. The minimum absolute atomic E-state index is 0.0532. The van der Waals surface area contributed by atoms with E-state index in [0.29, 0.717) is 25.0 Å². The highest BCUT2D eigenvalue weighted by atomic mass is 16.5. The summed E-state index contributed by atoms with van der Waals surface area (Å²) in [6.07, 6.45) is 7.01. The van der Waals surface area contributed by atoms with Crippen LogP contribution in [0.2, 0.25) is 0 Å². The second-order valence-corrected chi connectivity index (χ2v) is 8.68. The SMILES string of the molecule is CCOC(=O)C1CCCN(c2ccc(C(=O)N3CC4CCC(CC4)C3)cc2)C1. The number of esters is 1. The maximum absolute atomic E-state index is 13.0. The van der Waals surface area contributed by atoms with E-state index in [4.69, 9.17) is 4.74 Å². The van der Waals surface area contributed by atoms with Gasteiger partial charge in [0.2, 0.25) is 0 Å². The standard InChI is InChI=1S/C23H32N2O3/c1-2-28-23(27)20-4-3-13-24(16-20)21-11-9-19(10-12-21)22(26)25-14-17-5-6-18(15-25)8-7-17/h9-12,17-18,20H,2-8,13-16H2,1H3. The van der Waals surface area contributed by atoms with Crippen molar-refractivity contribution in [2.75, 3.05) is 37.7 Å². The van der Waals surface area contributed by atoms with E-state index in [1.165, 1.54) is 25.7 Å². The molecular weight excluding hydrogens is 352 g/mol. The lowest BCUT2D eigenvalue weighted by molar-refractivity contribution is -0.148. The number of amides is 1. The van der Waals surface area contributed by atoms with Crippen LogP contribution in [0.4, 0.5) is 5.69 Å². The summed E-state index contributed by atoms with van der Waals surface area (Å²) in [7, 11) is 0. The summed E-state index contributed by atoms with van der Waals surface area (Å²) in [4.78, 5) is 29.4. The second-order valence-electron chi connectivity index (χ2n) is 8.68. The summed E-state index contributed by atoms with van der Waals surface area (Å²) in [5.74, 6) is 1.41. The van der Waals surface area contributed by atoms with Gasteiger partial charge in [-0.25, -0.2) is 0 Å². The van der Waals surface area contributed by atoms with E-state index in [0.717, 1.165) is 43.7 Å². The second kappa shape index (κ2) is 8.54. The van der Waals surface area contributed by atoms with Crippen molar-refractivity contribution in [1.82, 2.24) is 4.90 Å². The molecule has 28 heavy (non-hydrogen) atoms. The van der Waals surface area contributed by atoms with Gasteiger partial charge >= 0.3 is 5.97 Å². The third kappa shape index (κ3) is 4.18. The van der Waals surface area contributed by atoms with Crippen molar-refractivity contribution >= 4 is 17.6 Å². The Morgan fingerprint density at radius 1 is 0.964 bits per heavy atom. The zero-order valence-corrected chi connectivity index (χ0v) is 16.9. The lowest BCUT2D eigenvalue weighted by atomic mass is 9.84. The quantitative estimate of drug-likeness (QED) is 0.742. The van der Waals surface area contributed by atoms with Crippen LogP contribution in [0.3, 0.4) is 0 Å². The highest BCUT2D eigenvalue weighted by Gasteiger charge is 2.32. The molecule has 0 N–H and O–H groups in total. The first kappa shape index (κ1) is 19.3. The Morgan fingerprint density at radius 2 is 1.61 bits per heavy atom. The summed E-state index contributed by atoms with van der Waals surface area (Å²) < 4.78 is 5.20. The molecule has 2 bridgehead atoms. The Kier molecular flexibility index (Phi) is 5.88. The van der Waals surface area contributed by atoms with E-state index < -0.39 is 0 Å². The Bertz CT molecular complexity index is 680. The maximum Gasteiger partial charge on any atom is 0.310 e. The molecule has 1 unspecified atom stereocenters. The van der Waals surface area contributed by atoms with Gasteiger partial charge in [-0.15, -0.1) is 0 Å². The molecule has 0 spiro atoms. The summed E-state index contributed by atoms with van der Waals surface area (Å²) in [6.45, 7) is 5.77. The van der Waals surface area contributed by atoms with E-state index in [9.17, 15) is 9.59 Å². The number of carbonyl (C=O) groups excluding carboxylic acids is 2. The number of benzene rings is 1. The van der Waals surface area contributed by atoms with Crippen molar-refractivity contribution in [1.29, 1.82) is 0 Å². The van der Waals surface area contributed by atoms with Crippen LogP contribution in [0, 0.1) is 17.8 Å². The molecule has 5 nitrogen and oxygen atoms in total. The molecule has 0 aromatic heterocycles. The fourth-order valence-electron chi connectivity index (χ4n) is 5.12. The molecule has 1 saturated carbocycles. The summed E-state index contributed by atoms with van der Waals surface area (Å²) in [5, 5.41) is 0. The van der Waals surface area contributed by atoms with E-state index in [-0.39, 0.29) is 17.8 Å². The lowest BCUT2D eigenvalue weighted by Crippen LogP contribution is -2.39. The van der Waals surface area contributed by atoms with Gasteiger partial charge in [-0.2, -0.15) is 0 Å². The molecule has 3 aliphatic heterocycles. The molecule has 5 heteroatoms. The minimum atomic E-state index is -0.0882. The first-order chi connectivity index (χ1) is 13.6. The third-order valence-corrected chi connectivity index (χ3v) is 6.73. The van der Waals surface area contributed by atoms with E-state index in [2.05, 4.69) is 9.80 Å². The van der Waals surface area contributed by atoms with Crippen LogP contribution >= 0.6 is 0 Å². The van der Waals surface area contributed by atoms with Crippen molar-refractivity contribution in [2.24, 2.45) is 17.8 Å². The molecule has 4 fully saturated rings. The van der Waals surface area contributed by atoms with Crippen LogP contribution in [0.1, 0.15) is 55.8 Å². The van der Waals surface area contributed by atoms with E-state index in [1.807, 2.05) is 31.2 Å². The molecule has 1 atom stereocenters. The molecule has 3 saturated heterocycles. The van der Waals surface area contributed by atoms with Gasteiger partial charge in [0.1, 0.15) is 0 Å². The van der Waals surface area contributed by atoms with E-state index in [1.54, 1.807) is 0 Å². The van der Waals surface area contributed by atoms with Crippen LogP contribution in [-0.2, 0) is 9.53 Å². The molecule has 0 radical (unpaired) electrons. The van der Waals surface area contributed by atoms with Crippen LogP contribution in [0.5, 0.6) is 0 Å². The maximum atomic E-state index is 13.0. The van der Waals surface area contributed by atoms with Gasteiger partial charge < -0.3 is 14.5 Å². The number of fused-ring (bicyclic) bond motifs is 4. The smallest absolute Gasteiger partial charge is 0.310 e. The normalized spacial score (nSPS) is 27.4. The van der Waals surface area contributed by atoms with Gasteiger partial charge in [0.05, 0.1) is 12.5 Å². The van der Waals surface area contributed by atoms with Gasteiger partial charge in [-0.1, -0.05) is 0 Å². The van der Waals surface area contributed by atoms with Crippen molar-refractivity contribution in [3.05, 3.63) is 29.8 Å². The first-order valence-electron chi connectivity index (χ1n) is 10.9. The van der Waals surface area contributed by atoms with Crippen molar-refractivity contribution < 1.29 is 14.3 Å². The lowest BCUT2D eigenvalue weighted by Gasteiger charge is -2.33. The molecule has 1 aliphatic carbocycles. The van der Waals surface area contributed by atoms with Crippen LogP contribution in [0.15, 0.2) is 24.3 Å². The highest BCUT2D eigenvalue weighted by molar-refractivity contribution is 5.94. The average molecular weight is 385 g/mol. The topological polar surface area (TPSA) is 49.9 Å². The van der Waals surface area contributed by atoms with Gasteiger partial charge in [-0.3, -0.25) is 9.59 Å². The fourth-order valence-corrected chi connectivity index (χ4v) is 5.12. The molecule has 1 aromatic carbocycles. The first-order valence-corrected chi connectivity index (χ1v) is 10.9. The Labute approximate surface area is 168 Å². The Balaban J connectivity index is 1.40. The van der Waals surface area contributed by atoms with Crippen molar-refractivity contribution in [3.8, 4) is 0 Å². The van der Waals surface area contributed by atoms with Crippen LogP contribution in [-0.4, -0.2) is 49.6 Å². The third-order valence-electron chi connectivity index (χ3n) is 6.73. The number of anilines is 1. The minimum Gasteiger partial charge on any atom is -0.466 e. The molecular formula is C23H32N2O3. The number of ether oxygens (including phenoxy) is 1. The average Bonchev–Trinajstić information content (AvgIpc) is 3.08. The predicted molar refractivity (Wildman–Crippen MR) is 109 cm³/mol. The number of hydrogen-bond acceptors (Lipinski definition) is 4. The molecule has 1 amide bonds. The summed E-state index contributed by atoms with van der Waals surface area (Å²) in [6, 6.07) is 7.98. The zero-order chi connectivity index (χ0) is 19.5. The monoisotopic (exact) mass is 384 g/mol. The van der Waals surface area contributed by atoms with Crippen LogP contribution < -0.4 is 4.90 Å². The molecule has 4 aliphatic rings. The fraction of sp³-hybridized carbons (Fsp3) is 0.652. The predicted octanol–water partition coefficient (Wildman–Crippen LogP) is 3.73. The van der Waals surface area contributed by atoms with Crippen LogP contribution in [0.25, 0.3) is 0 Å². The van der Waals surface area contributed by atoms with Gasteiger partial charge in [0, 0.05) is 37.4 Å². The Hall–Kier alpha value is -2.04. The van der Waals surface area contributed by atoms with Crippen molar-refractivity contribution in [3.63, 3.8) is 0 Å². The molecule has 3 heterocycles. The number of nitrogens with zero attached hydrogens (tertiary/aromatic N) is 2. The molecule has 152 valence electrons. The number of hydrogen-bond donors (Lipinski definition) is 0. The van der Waals surface area contributed by atoms with Gasteiger partial charge in [0.15, 0.2) is 0 Å². The van der Waals surface area contributed by atoms with Crippen molar-refractivity contribution in [2.45, 2.75) is 45.4 Å². The number of carbonyl (C=O) groups is 2. The molecule has 1 aromatic rings. The summed E-state index contributed by atoms with van der Waals surface area (Å²) >= 11 is 0. The largest absolute Gasteiger partial charge is 0.466 e.